The average molecular weight is 279 g/mol. The van der Waals surface area contributed by atoms with Gasteiger partial charge in [-0.3, -0.25) is 9.59 Å². The van der Waals surface area contributed by atoms with Crippen LogP contribution in [0.5, 0.6) is 0 Å². The van der Waals surface area contributed by atoms with Crippen LogP contribution in [0.25, 0.3) is 0 Å². The molecule has 1 saturated heterocycles. The fourth-order valence-electron chi connectivity index (χ4n) is 2.09. The smallest absolute Gasteiger partial charge is 0.227 e. The van der Waals surface area contributed by atoms with Crippen molar-refractivity contribution in [1.29, 1.82) is 0 Å². The molecule has 1 aliphatic heterocycles. The molecule has 2 rings (SSSR count). The van der Waals surface area contributed by atoms with Crippen LogP contribution >= 0.6 is 11.6 Å². The van der Waals surface area contributed by atoms with E-state index in [0.717, 1.165) is 5.69 Å². The first-order valence-corrected chi connectivity index (χ1v) is 6.44. The minimum atomic E-state index is -0.313. The summed E-state index contributed by atoms with van der Waals surface area (Å²) in [5, 5.41) is 3.29. The molecule has 1 heterocycles. The third-order valence-electron chi connectivity index (χ3n) is 3.04. The molecule has 4 nitrogen and oxygen atoms in total. The van der Waals surface area contributed by atoms with E-state index in [9.17, 15) is 9.59 Å². The highest BCUT2D eigenvalue weighted by Gasteiger charge is 2.34. The summed E-state index contributed by atoms with van der Waals surface area (Å²) in [5.41, 5.74) is 0.733. The van der Waals surface area contributed by atoms with Crippen LogP contribution in [-0.4, -0.2) is 24.9 Å². The third-order valence-corrected chi connectivity index (χ3v) is 3.27. The molecular formula is C14H15ClN2O2. The van der Waals surface area contributed by atoms with Crippen LogP contribution in [0.4, 0.5) is 5.69 Å². The highest BCUT2D eigenvalue weighted by Crippen LogP contribution is 2.27. The van der Waals surface area contributed by atoms with Gasteiger partial charge in [-0.25, -0.2) is 0 Å². The molecular weight excluding hydrogens is 264 g/mol. The normalized spacial score (nSPS) is 18.5. The number of hydrogen-bond donors (Lipinski definition) is 1. The van der Waals surface area contributed by atoms with Gasteiger partial charge in [0.1, 0.15) is 0 Å². The van der Waals surface area contributed by atoms with Crippen molar-refractivity contribution in [3.05, 3.63) is 41.9 Å². The number of rotatable bonds is 4. The first-order chi connectivity index (χ1) is 9.11. The molecule has 2 amide bonds. The van der Waals surface area contributed by atoms with Crippen LogP contribution in [0.15, 0.2) is 36.9 Å². The Kier molecular flexibility index (Phi) is 4.22. The van der Waals surface area contributed by atoms with E-state index in [1.807, 2.05) is 6.07 Å². The van der Waals surface area contributed by atoms with Gasteiger partial charge in [0, 0.05) is 30.2 Å². The van der Waals surface area contributed by atoms with E-state index in [2.05, 4.69) is 11.9 Å². The molecule has 1 fully saturated rings. The summed E-state index contributed by atoms with van der Waals surface area (Å²) in [4.78, 5) is 25.4. The van der Waals surface area contributed by atoms with Gasteiger partial charge in [0.05, 0.1) is 5.92 Å². The lowest BCUT2D eigenvalue weighted by Crippen LogP contribution is -2.32. The zero-order chi connectivity index (χ0) is 13.8. The lowest BCUT2D eigenvalue weighted by atomic mass is 10.1. The molecule has 1 atom stereocenters. The van der Waals surface area contributed by atoms with Crippen molar-refractivity contribution in [3.8, 4) is 0 Å². The SMILES string of the molecule is C=CCNC(=O)C1CC(=O)N(c2cccc(Cl)c2)C1. The number of halogens is 1. The zero-order valence-electron chi connectivity index (χ0n) is 10.4. The summed E-state index contributed by atoms with van der Waals surface area (Å²) >= 11 is 5.91. The standard InChI is InChI=1S/C14H15ClN2O2/c1-2-6-16-14(19)10-7-13(18)17(9-10)12-5-3-4-11(15)8-12/h2-5,8,10H,1,6-7,9H2,(H,16,19). The van der Waals surface area contributed by atoms with E-state index in [1.165, 1.54) is 0 Å². The Morgan fingerprint density at radius 3 is 3.05 bits per heavy atom. The lowest BCUT2D eigenvalue weighted by molar-refractivity contribution is -0.126. The second-order valence-corrected chi connectivity index (χ2v) is 4.86. The topological polar surface area (TPSA) is 49.4 Å². The Morgan fingerprint density at radius 2 is 2.37 bits per heavy atom. The fraction of sp³-hybridized carbons (Fsp3) is 0.286. The maximum absolute atomic E-state index is 12.0. The summed E-state index contributed by atoms with van der Waals surface area (Å²) < 4.78 is 0. The Bertz CT molecular complexity index is 516. The number of hydrogen-bond acceptors (Lipinski definition) is 2. The van der Waals surface area contributed by atoms with Gasteiger partial charge in [0.15, 0.2) is 0 Å². The molecule has 5 heteroatoms. The molecule has 19 heavy (non-hydrogen) atoms. The van der Waals surface area contributed by atoms with Crippen molar-refractivity contribution in [3.63, 3.8) is 0 Å². The minimum absolute atomic E-state index is 0.0546. The Labute approximate surface area is 117 Å². The molecule has 1 aliphatic rings. The summed E-state index contributed by atoms with van der Waals surface area (Å²) in [5.74, 6) is -0.481. The number of carbonyl (C=O) groups excluding carboxylic acids is 2. The maximum Gasteiger partial charge on any atom is 0.227 e. The maximum atomic E-state index is 12.0. The first-order valence-electron chi connectivity index (χ1n) is 6.06. The summed E-state index contributed by atoms with van der Waals surface area (Å²) in [6, 6.07) is 7.08. The van der Waals surface area contributed by atoms with Crippen molar-refractivity contribution in [1.82, 2.24) is 5.32 Å². The van der Waals surface area contributed by atoms with Crippen LogP contribution in [0, 0.1) is 5.92 Å². The molecule has 0 bridgehead atoms. The summed E-state index contributed by atoms with van der Waals surface area (Å²) in [7, 11) is 0. The van der Waals surface area contributed by atoms with Crippen LogP contribution in [-0.2, 0) is 9.59 Å². The van der Waals surface area contributed by atoms with Crippen molar-refractivity contribution < 1.29 is 9.59 Å². The lowest BCUT2D eigenvalue weighted by Gasteiger charge is -2.16. The number of carbonyl (C=O) groups is 2. The molecule has 0 aromatic heterocycles. The van der Waals surface area contributed by atoms with E-state index in [0.29, 0.717) is 18.1 Å². The van der Waals surface area contributed by atoms with E-state index in [4.69, 9.17) is 11.6 Å². The second kappa shape index (κ2) is 5.89. The van der Waals surface area contributed by atoms with Gasteiger partial charge >= 0.3 is 0 Å². The molecule has 1 N–H and O–H groups in total. The number of benzene rings is 1. The quantitative estimate of drug-likeness (QED) is 0.857. The molecule has 1 aromatic rings. The largest absolute Gasteiger partial charge is 0.352 e. The van der Waals surface area contributed by atoms with Crippen LogP contribution in [0.1, 0.15) is 6.42 Å². The van der Waals surface area contributed by atoms with Gasteiger partial charge in [0.25, 0.3) is 0 Å². The molecule has 0 aliphatic carbocycles. The van der Waals surface area contributed by atoms with Crippen LogP contribution in [0.2, 0.25) is 5.02 Å². The second-order valence-electron chi connectivity index (χ2n) is 4.42. The van der Waals surface area contributed by atoms with Crippen molar-refractivity contribution in [2.75, 3.05) is 18.0 Å². The molecule has 1 unspecified atom stereocenters. The van der Waals surface area contributed by atoms with Gasteiger partial charge in [-0.2, -0.15) is 0 Å². The zero-order valence-corrected chi connectivity index (χ0v) is 11.2. The number of anilines is 1. The molecule has 100 valence electrons. The van der Waals surface area contributed by atoms with Crippen molar-refractivity contribution >= 4 is 29.1 Å². The molecule has 0 spiro atoms. The van der Waals surface area contributed by atoms with Crippen LogP contribution in [0.3, 0.4) is 0 Å². The molecule has 0 saturated carbocycles. The molecule has 1 aromatic carbocycles. The minimum Gasteiger partial charge on any atom is -0.352 e. The Balaban J connectivity index is 2.07. The van der Waals surface area contributed by atoms with Gasteiger partial charge in [-0.05, 0) is 18.2 Å². The van der Waals surface area contributed by atoms with E-state index in [-0.39, 0.29) is 24.2 Å². The van der Waals surface area contributed by atoms with Crippen molar-refractivity contribution in [2.24, 2.45) is 5.92 Å². The highest BCUT2D eigenvalue weighted by atomic mass is 35.5. The summed E-state index contributed by atoms with van der Waals surface area (Å²) in [6.45, 7) is 4.35. The van der Waals surface area contributed by atoms with Crippen LogP contribution < -0.4 is 10.2 Å². The summed E-state index contributed by atoms with van der Waals surface area (Å²) in [6.07, 6.45) is 1.85. The highest BCUT2D eigenvalue weighted by molar-refractivity contribution is 6.30. The van der Waals surface area contributed by atoms with Gasteiger partial charge in [-0.15, -0.1) is 6.58 Å². The van der Waals surface area contributed by atoms with E-state index in [1.54, 1.807) is 29.2 Å². The Hall–Kier alpha value is -1.81. The first kappa shape index (κ1) is 13.6. The van der Waals surface area contributed by atoms with E-state index >= 15 is 0 Å². The Morgan fingerprint density at radius 1 is 1.58 bits per heavy atom. The van der Waals surface area contributed by atoms with Gasteiger partial charge in [0.2, 0.25) is 11.8 Å². The van der Waals surface area contributed by atoms with Gasteiger partial charge in [-0.1, -0.05) is 23.7 Å². The predicted molar refractivity (Wildman–Crippen MR) is 75.1 cm³/mol. The fourth-order valence-corrected chi connectivity index (χ4v) is 2.28. The van der Waals surface area contributed by atoms with E-state index < -0.39 is 0 Å². The number of nitrogens with one attached hydrogen (secondary N) is 1. The monoisotopic (exact) mass is 278 g/mol. The number of nitrogens with zero attached hydrogens (tertiary/aromatic N) is 1. The van der Waals surface area contributed by atoms with Gasteiger partial charge < -0.3 is 10.2 Å². The third kappa shape index (κ3) is 3.15. The molecule has 0 radical (unpaired) electrons. The predicted octanol–water partition coefficient (Wildman–Crippen LogP) is 2.00. The number of amides is 2. The average Bonchev–Trinajstić information content (AvgIpc) is 2.78. The van der Waals surface area contributed by atoms with Crippen molar-refractivity contribution in [2.45, 2.75) is 6.42 Å².